The molecule has 164 valence electrons. The molecule has 8 nitrogen and oxygen atoms in total. The third kappa shape index (κ3) is 5.67. The molecule has 1 atom stereocenters. The summed E-state index contributed by atoms with van der Waals surface area (Å²) in [7, 11) is 0. The average Bonchev–Trinajstić information content (AvgIpc) is 2.78. The predicted octanol–water partition coefficient (Wildman–Crippen LogP) is 5.09. The molecule has 9 heteroatoms. The molecule has 2 amide bonds. The van der Waals surface area contributed by atoms with Crippen LogP contribution in [0.5, 0.6) is 11.8 Å². The third-order valence-electron chi connectivity index (χ3n) is 5.12. The Morgan fingerprint density at radius 3 is 2.72 bits per heavy atom. The zero-order valence-electron chi connectivity index (χ0n) is 17.8. The Labute approximate surface area is 194 Å². The van der Waals surface area contributed by atoms with Gasteiger partial charge in [0, 0.05) is 25.5 Å². The van der Waals surface area contributed by atoms with Crippen molar-refractivity contribution in [1.82, 2.24) is 24.8 Å². The Balaban J connectivity index is 1.38. The lowest BCUT2D eigenvalue weighted by atomic mass is 9.91. The van der Waals surface area contributed by atoms with E-state index in [1.165, 1.54) is 5.57 Å². The highest BCUT2D eigenvalue weighted by atomic mass is 79.9. The van der Waals surface area contributed by atoms with E-state index >= 15 is 0 Å². The first-order chi connectivity index (χ1) is 15.5. The van der Waals surface area contributed by atoms with Crippen molar-refractivity contribution in [2.24, 2.45) is 5.92 Å². The smallest absolute Gasteiger partial charge is 0.323 e. The second kappa shape index (κ2) is 9.86. The number of aromatic nitrogens is 4. The highest BCUT2D eigenvalue weighted by Gasteiger charge is 2.24. The summed E-state index contributed by atoms with van der Waals surface area (Å²) in [5.41, 5.74) is 3.14. The summed E-state index contributed by atoms with van der Waals surface area (Å²) in [5.74, 6) is 1.37. The fourth-order valence-electron chi connectivity index (χ4n) is 3.43. The Morgan fingerprint density at radius 2 is 2.00 bits per heavy atom. The van der Waals surface area contributed by atoms with Gasteiger partial charge in [-0.3, -0.25) is 10.3 Å². The Bertz CT molecular complexity index is 1120. The molecule has 0 aliphatic carbocycles. The van der Waals surface area contributed by atoms with E-state index in [9.17, 15) is 4.79 Å². The minimum absolute atomic E-state index is 0.154. The number of anilines is 1. The Morgan fingerprint density at radius 1 is 1.19 bits per heavy atom. The summed E-state index contributed by atoms with van der Waals surface area (Å²) in [5, 5.41) is 2.82. The molecule has 1 unspecified atom stereocenters. The number of amides is 2. The van der Waals surface area contributed by atoms with Crippen LogP contribution in [0.15, 0.2) is 59.1 Å². The van der Waals surface area contributed by atoms with Gasteiger partial charge in [0.15, 0.2) is 5.82 Å². The number of halogens is 1. The van der Waals surface area contributed by atoms with E-state index in [1.807, 2.05) is 36.1 Å². The maximum absolute atomic E-state index is 12.6. The number of carbonyl (C=O) groups excluding carboxylic acids is 1. The first-order valence-corrected chi connectivity index (χ1v) is 11.1. The molecule has 0 radical (unpaired) electrons. The summed E-state index contributed by atoms with van der Waals surface area (Å²) < 4.78 is 6.55. The van der Waals surface area contributed by atoms with Crippen LogP contribution in [0.25, 0.3) is 6.08 Å². The van der Waals surface area contributed by atoms with E-state index in [-0.39, 0.29) is 11.9 Å². The lowest BCUT2D eigenvalue weighted by molar-refractivity contribution is 0.197. The van der Waals surface area contributed by atoms with Gasteiger partial charge < -0.3 is 9.64 Å². The molecule has 0 spiro atoms. The Kier molecular flexibility index (Phi) is 6.75. The Hall–Kier alpha value is -3.33. The number of hydrogen-bond acceptors (Lipinski definition) is 6. The minimum Gasteiger partial charge on any atom is -0.424 e. The van der Waals surface area contributed by atoms with E-state index in [2.05, 4.69) is 54.2 Å². The van der Waals surface area contributed by atoms with Gasteiger partial charge in [-0.25, -0.2) is 19.7 Å². The van der Waals surface area contributed by atoms with Gasteiger partial charge in [-0.05, 0) is 52.9 Å². The molecular formula is C23H23BrN6O2. The first-order valence-electron chi connectivity index (χ1n) is 10.3. The van der Waals surface area contributed by atoms with Gasteiger partial charge in [-0.2, -0.15) is 0 Å². The maximum atomic E-state index is 12.6. The molecule has 3 aromatic rings. The van der Waals surface area contributed by atoms with Crippen molar-refractivity contribution >= 4 is 33.9 Å². The molecule has 4 rings (SSSR count). The molecule has 3 heterocycles. The van der Waals surface area contributed by atoms with Crippen LogP contribution in [0.1, 0.15) is 24.6 Å². The number of urea groups is 1. The molecule has 0 saturated carbocycles. The lowest BCUT2D eigenvalue weighted by Gasteiger charge is -2.33. The molecule has 1 saturated heterocycles. The van der Waals surface area contributed by atoms with Gasteiger partial charge >= 0.3 is 12.0 Å². The quantitative estimate of drug-likeness (QED) is 0.542. The number of benzene rings is 1. The van der Waals surface area contributed by atoms with E-state index in [4.69, 9.17) is 4.74 Å². The molecule has 32 heavy (non-hydrogen) atoms. The van der Waals surface area contributed by atoms with E-state index in [0.29, 0.717) is 30.7 Å². The van der Waals surface area contributed by atoms with Gasteiger partial charge in [0.05, 0.1) is 22.6 Å². The average molecular weight is 495 g/mol. The largest absolute Gasteiger partial charge is 0.424 e. The van der Waals surface area contributed by atoms with Gasteiger partial charge in [0.1, 0.15) is 5.75 Å². The number of rotatable bonds is 4. The summed E-state index contributed by atoms with van der Waals surface area (Å²) in [6.45, 7) is 5.27. The van der Waals surface area contributed by atoms with Crippen LogP contribution >= 0.6 is 15.9 Å². The molecule has 1 N–H and O–H groups in total. The fraction of sp³-hybridized carbons (Fsp3) is 0.261. The number of nitrogens with one attached hydrogen (secondary N) is 1. The summed E-state index contributed by atoms with van der Waals surface area (Å²) >= 11 is 3.31. The SMILES string of the molecule is Cc1cnc(NC(=O)N2CCC(=Cc3cccc(Oc4ncc(Br)cn4)c3)C(C)C2)cn1. The number of ether oxygens (including phenoxy) is 1. The second-order valence-corrected chi connectivity index (χ2v) is 8.56. The number of likely N-dealkylation sites (tertiary alicyclic amines) is 1. The highest BCUT2D eigenvalue weighted by molar-refractivity contribution is 9.10. The van der Waals surface area contributed by atoms with Crippen LogP contribution in [0.4, 0.5) is 10.6 Å². The third-order valence-corrected chi connectivity index (χ3v) is 5.53. The second-order valence-electron chi connectivity index (χ2n) is 7.65. The van der Waals surface area contributed by atoms with Gasteiger partial charge in [0.25, 0.3) is 0 Å². The molecule has 1 fully saturated rings. The van der Waals surface area contributed by atoms with Gasteiger partial charge in [0.2, 0.25) is 0 Å². The summed E-state index contributed by atoms with van der Waals surface area (Å²) in [4.78, 5) is 31.1. The van der Waals surface area contributed by atoms with Crippen molar-refractivity contribution in [3.05, 3.63) is 70.4 Å². The van der Waals surface area contributed by atoms with Crippen LogP contribution in [0.2, 0.25) is 0 Å². The molecule has 0 bridgehead atoms. The molecule has 1 aliphatic heterocycles. The molecule has 2 aromatic heterocycles. The van der Waals surface area contributed by atoms with Crippen LogP contribution in [-0.2, 0) is 0 Å². The monoisotopic (exact) mass is 494 g/mol. The molecule has 1 aliphatic rings. The predicted molar refractivity (Wildman–Crippen MR) is 125 cm³/mol. The van der Waals surface area contributed by atoms with Crippen molar-refractivity contribution < 1.29 is 9.53 Å². The number of aryl methyl sites for hydroxylation is 1. The van der Waals surface area contributed by atoms with Gasteiger partial charge in [-0.15, -0.1) is 0 Å². The number of carbonyl (C=O) groups is 1. The minimum atomic E-state index is -0.154. The molecule has 1 aromatic carbocycles. The normalized spacial score (nSPS) is 17.3. The van der Waals surface area contributed by atoms with Crippen molar-refractivity contribution in [2.45, 2.75) is 20.3 Å². The van der Waals surface area contributed by atoms with Crippen molar-refractivity contribution in [3.8, 4) is 11.8 Å². The maximum Gasteiger partial charge on any atom is 0.323 e. The number of hydrogen-bond donors (Lipinski definition) is 1. The number of piperidine rings is 1. The van der Waals surface area contributed by atoms with Crippen LogP contribution < -0.4 is 10.1 Å². The zero-order valence-corrected chi connectivity index (χ0v) is 19.4. The van der Waals surface area contributed by atoms with Crippen LogP contribution in [0.3, 0.4) is 0 Å². The van der Waals surface area contributed by atoms with Crippen molar-refractivity contribution in [3.63, 3.8) is 0 Å². The van der Waals surface area contributed by atoms with Crippen LogP contribution in [0, 0.1) is 12.8 Å². The summed E-state index contributed by atoms with van der Waals surface area (Å²) in [6.07, 6.45) is 9.46. The van der Waals surface area contributed by atoms with E-state index < -0.39 is 0 Å². The van der Waals surface area contributed by atoms with E-state index in [0.717, 1.165) is 22.2 Å². The lowest BCUT2D eigenvalue weighted by Crippen LogP contribution is -2.42. The van der Waals surface area contributed by atoms with Crippen LogP contribution in [-0.4, -0.2) is 44.0 Å². The summed E-state index contributed by atoms with van der Waals surface area (Å²) in [6, 6.07) is 7.95. The topological polar surface area (TPSA) is 93.1 Å². The van der Waals surface area contributed by atoms with Gasteiger partial charge in [-0.1, -0.05) is 30.7 Å². The van der Waals surface area contributed by atoms with Crippen molar-refractivity contribution in [2.75, 3.05) is 18.4 Å². The standard InChI is InChI=1S/C23H23BrN6O2/c1-15-14-30(23(31)29-21-13-25-16(2)10-26-21)7-6-18(15)8-17-4-3-5-20(9-17)32-22-27-11-19(24)12-28-22/h3-5,8-13,15H,6-7,14H2,1-2H3,(H,26,29,31). The van der Waals surface area contributed by atoms with Crippen molar-refractivity contribution in [1.29, 1.82) is 0 Å². The van der Waals surface area contributed by atoms with E-state index in [1.54, 1.807) is 24.8 Å². The highest BCUT2D eigenvalue weighted by Crippen LogP contribution is 2.27. The molecular weight excluding hydrogens is 472 g/mol. The zero-order chi connectivity index (χ0) is 22.5. The fourth-order valence-corrected chi connectivity index (χ4v) is 3.64. The number of nitrogens with zero attached hydrogens (tertiary/aromatic N) is 5. The first kappa shape index (κ1) is 21.9.